The first-order valence-electron chi connectivity index (χ1n) is 3.92. The predicted molar refractivity (Wildman–Crippen MR) is 49.6 cm³/mol. The first-order valence-corrected chi connectivity index (χ1v) is 3.92. The van der Waals surface area contributed by atoms with Crippen molar-refractivity contribution < 1.29 is 4.79 Å². The van der Waals surface area contributed by atoms with E-state index in [0.29, 0.717) is 0 Å². The fraction of sp³-hybridized carbons (Fsp3) is 0.200. The molecule has 1 atom stereocenters. The fourth-order valence-corrected chi connectivity index (χ4v) is 0.944. The zero-order valence-electron chi connectivity index (χ0n) is 7.32. The molecule has 0 aliphatic heterocycles. The van der Waals surface area contributed by atoms with E-state index >= 15 is 0 Å². The van der Waals surface area contributed by atoms with Crippen molar-refractivity contribution in [3.63, 3.8) is 0 Å². The third kappa shape index (κ3) is 2.60. The summed E-state index contributed by atoms with van der Waals surface area (Å²) in [6, 6.07) is 5.37. The normalized spacial score (nSPS) is 11.4. The minimum atomic E-state index is -0.418. The second-order valence-corrected chi connectivity index (χ2v) is 2.59. The summed E-state index contributed by atoms with van der Waals surface area (Å²) < 4.78 is 0. The average molecular weight is 174 g/mol. The van der Waals surface area contributed by atoms with Gasteiger partial charge in [0.25, 0.3) is 5.91 Å². The molecule has 0 fully saturated rings. The third-order valence-electron chi connectivity index (χ3n) is 1.61. The highest BCUT2D eigenvalue weighted by molar-refractivity contribution is 5.93. The molecule has 0 aliphatic carbocycles. The Morgan fingerprint density at radius 2 is 2.46 bits per heavy atom. The topological polar surface area (TPSA) is 42.0 Å². The molecule has 0 bridgehead atoms. The van der Waals surface area contributed by atoms with E-state index in [1.54, 1.807) is 6.20 Å². The summed E-state index contributed by atoms with van der Waals surface area (Å²) in [6.07, 6.45) is 6.59. The molecule has 1 heterocycles. The highest BCUT2D eigenvalue weighted by Gasteiger charge is 2.07. The van der Waals surface area contributed by atoms with Crippen LogP contribution in [-0.4, -0.2) is 10.9 Å². The van der Waals surface area contributed by atoms with E-state index in [0.717, 1.165) is 5.69 Å². The monoisotopic (exact) mass is 174 g/mol. The average Bonchev–Trinajstić information content (AvgIpc) is 2.19. The Kier molecular flexibility index (Phi) is 3.04. The van der Waals surface area contributed by atoms with Gasteiger partial charge in [-0.2, -0.15) is 0 Å². The summed E-state index contributed by atoms with van der Waals surface area (Å²) in [5, 5.41) is 2.61. The van der Waals surface area contributed by atoms with E-state index in [2.05, 4.69) is 10.3 Å². The molecule has 0 radical (unpaired) electrons. The molecule has 1 N–H and O–H groups in total. The molecule has 0 saturated carbocycles. The molecule has 3 nitrogen and oxygen atoms in total. The second-order valence-electron chi connectivity index (χ2n) is 2.59. The largest absolute Gasteiger partial charge is 0.337 e. The second kappa shape index (κ2) is 4.27. The number of carbonyl (C=O) groups is 1. The zero-order valence-corrected chi connectivity index (χ0v) is 7.32. The van der Waals surface area contributed by atoms with Crippen molar-refractivity contribution in [1.82, 2.24) is 10.3 Å². The van der Waals surface area contributed by atoms with Crippen LogP contribution in [0.5, 0.6) is 0 Å². The number of hydrogen-bond donors (Lipinski definition) is 1. The van der Waals surface area contributed by atoms with Gasteiger partial charge in [0.2, 0.25) is 0 Å². The van der Waals surface area contributed by atoms with Gasteiger partial charge in [0, 0.05) is 6.20 Å². The van der Waals surface area contributed by atoms with Gasteiger partial charge < -0.3 is 5.32 Å². The smallest absolute Gasteiger partial charge is 0.296 e. The molecule has 0 spiro atoms. The van der Waals surface area contributed by atoms with Crippen LogP contribution in [0.4, 0.5) is 0 Å². The van der Waals surface area contributed by atoms with Crippen molar-refractivity contribution in [3.05, 3.63) is 30.1 Å². The first-order chi connectivity index (χ1) is 6.24. The molecule has 1 rings (SSSR count). The van der Waals surface area contributed by atoms with Gasteiger partial charge in [-0.3, -0.25) is 9.78 Å². The van der Waals surface area contributed by atoms with E-state index in [9.17, 15) is 4.79 Å². The van der Waals surface area contributed by atoms with Gasteiger partial charge in [-0.1, -0.05) is 6.07 Å². The van der Waals surface area contributed by atoms with E-state index in [-0.39, 0.29) is 6.04 Å². The summed E-state index contributed by atoms with van der Waals surface area (Å²) in [7, 11) is 0. The molecule has 3 heteroatoms. The minimum absolute atomic E-state index is 0.148. The number of aromatic nitrogens is 1. The molecule has 0 aromatic carbocycles. The molecule has 0 saturated heterocycles. The quantitative estimate of drug-likeness (QED) is 0.676. The van der Waals surface area contributed by atoms with Gasteiger partial charge in [0.05, 0.1) is 11.7 Å². The van der Waals surface area contributed by atoms with Crippen molar-refractivity contribution in [3.8, 4) is 12.3 Å². The van der Waals surface area contributed by atoms with Gasteiger partial charge in [-0.25, -0.2) is 0 Å². The number of carbonyl (C=O) groups excluding carboxylic acids is 1. The summed E-state index contributed by atoms with van der Waals surface area (Å²) in [6.45, 7) is 1.83. The SMILES string of the molecule is C#CC(=O)NC(C)c1ccccn1. The Balaban J connectivity index is 2.65. The van der Waals surface area contributed by atoms with Gasteiger partial charge in [-0.15, -0.1) is 6.42 Å². The summed E-state index contributed by atoms with van der Waals surface area (Å²) in [4.78, 5) is 14.9. The van der Waals surface area contributed by atoms with E-state index in [4.69, 9.17) is 6.42 Å². The standard InChI is InChI=1S/C10H10N2O/c1-3-10(13)12-8(2)9-6-4-5-7-11-9/h1,4-8H,2H3,(H,12,13). The Bertz CT molecular complexity index is 327. The van der Waals surface area contributed by atoms with Crippen molar-refractivity contribution in [1.29, 1.82) is 0 Å². The molecular formula is C10H10N2O. The lowest BCUT2D eigenvalue weighted by atomic mass is 10.2. The number of nitrogens with one attached hydrogen (secondary N) is 1. The predicted octanol–water partition coefficient (Wildman–Crippen LogP) is 0.892. The maximum absolute atomic E-state index is 10.8. The molecule has 13 heavy (non-hydrogen) atoms. The van der Waals surface area contributed by atoms with Crippen LogP contribution in [0.3, 0.4) is 0 Å². The maximum Gasteiger partial charge on any atom is 0.296 e. The Labute approximate surface area is 77.2 Å². The zero-order chi connectivity index (χ0) is 9.68. The lowest BCUT2D eigenvalue weighted by Gasteiger charge is -2.09. The van der Waals surface area contributed by atoms with E-state index < -0.39 is 5.91 Å². The highest BCUT2D eigenvalue weighted by atomic mass is 16.1. The molecular weight excluding hydrogens is 164 g/mol. The van der Waals surface area contributed by atoms with E-state index in [1.807, 2.05) is 31.0 Å². The molecule has 0 aliphatic rings. The Morgan fingerprint density at radius 1 is 1.69 bits per heavy atom. The van der Waals surface area contributed by atoms with Crippen LogP contribution in [-0.2, 0) is 4.79 Å². The highest BCUT2D eigenvalue weighted by Crippen LogP contribution is 2.06. The van der Waals surface area contributed by atoms with Crippen molar-refractivity contribution in [2.45, 2.75) is 13.0 Å². The number of rotatable bonds is 2. The summed E-state index contributed by atoms with van der Waals surface area (Å²) in [5.74, 6) is 1.57. The number of nitrogens with zero attached hydrogens (tertiary/aromatic N) is 1. The number of pyridine rings is 1. The molecule has 1 aromatic rings. The van der Waals surface area contributed by atoms with Crippen molar-refractivity contribution >= 4 is 5.91 Å². The van der Waals surface area contributed by atoms with Crippen molar-refractivity contribution in [2.24, 2.45) is 0 Å². The Hall–Kier alpha value is -1.82. The van der Waals surface area contributed by atoms with Crippen LogP contribution in [0, 0.1) is 12.3 Å². The lowest BCUT2D eigenvalue weighted by molar-refractivity contribution is -0.116. The fourth-order valence-electron chi connectivity index (χ4n) is 0.944. The van der Waals surface area contributed by atoms with Crippen LogP contribution in [0.1, 0.15) is 18.7 Å². The first kappa shape index (κ1) is 9.27. The van der Waals surface area contributed by atoms with Crippen LogP contribution in [0.25, 0.3) is 0 Å². The van der Waals surface area contributed by atoms with Crippen LogP contribution < -0.4 is 5.32 Å². The van der Waals surface area contributed by atoms with Gasteiger partial charge >= 0.3 is 0 Å². The van der Waals surface area contributed by atoms with Gasteiger partial charge in [-0.05, 0) is 25.0 Å². The van der Waals surface area contributed by atoms with Crippen LogP contribution >= 0.6 is 0 Å². The molecule has 1 amide bonds. The third-order valence-corrected chi connectivity index (χ3v) is 1.61. The minimum Gasteiger partial charge on any atom is -0.337 e. The van der Waals surface area contributed by atoms with E-state index in [1.165, 1.54) is 0 Å². The van der Waals surface area contributed by atoms with Crippen molar-refractivity contribution in [2.75, 3.05) is 0 Å². The number of hydrogen-bond acceptors (Lipinski definition) is 2. The molecule has 1 unspecified atom stereocenters. The van der Waals surface area contributed by atoms with Crippen LogP contribution in [0.2, 0.25) is 0 Å². The maximum atomic E-state index is 10.8. The van der Waals surface area contributed by atoms with Crippen LogP contribution in [0.15, 0.2) is 24.4 Å². The molecule has 66 valence electrons. The molecule has 1 aromatic heterocycles. The van der Waals surface area contributed by atoms with Gasteiger partial charge in [0.15, 0.2) is 0 Å². The van der Waals surface area contributed by atoms with Gasteiger partial charge in [0.1, 0.15) is 0 Å². The lowest BCUT2D eigenvalue weighted by Crippen LogP contribution is -2.25. The number of amides is 1. The summed E-state index contributed by atoms with van der Waals surface area (Å²) in [5.41, 5.74) is 0.797. The summed E-state index contributed by atoms with van der Waals surface area (Å²) >= 11 is 0. The number of terminal acetylenes is 1. The Morgan fingerprint density at radius 3 is 3.00 bits per heavy atom.